The van der Waals surface area contributed by atoms with Crippen molar-refractivity contribution < 1.29 is 18.8 Å². The lowest BCUT2D eigenvalue weighted by Gasteiger charge is -2.32. The summed E-state index contributed by atoms with van der Waals surface area (Å²) in [6.45, 7) is 15.6. The lowest BCUT2D eigenvalue weighted by atomic mass is 9.66. The van der Waals surface area contributed by atoms with Crippen molar-refractivity contribution in [1.29, 1.82) is 0 Å². The standard InChI is InChI=1S/C14H27BO4/c1-9(2)17-12(16)10(3)11(4)15-18-13(5,6)14(7,8)19-15/h9-11H,1-8H3/t10-,11-/m1/s1. The molecule has 1 aliphatic rings. The summed E-state index contributed by atoms with van der Waals surface area (Å²) in [6, 6.07) is 0. The van der Waals surface area contributed by atoms with E-state index in [1.807, 2.05) is 55.4 Å². The molecule has 5 heteroatoms. The zero-order valence-electron chi connectivity index (χ0n) is 13.4. The fourth-order valence-electron chi connectivity index (χ4n) is 1.89. The van der Waals surface area contributed by atoms with Gasteiger partial charge in [0.05, 0.1) is 23.2 Å². The van der Waals surface area contributed by atoms with Crippen molar-refractivity contribution in [3.63, 3.8) is 0 Å². The molecular weight excluding hydrogens is 243 g/mol. The summed E-state index contributed by atoms with van der Waals surface area (Å²) in [5, 5.41) is 0. The van der Waals surface area contributed by atoms with Crippen molar-refractivity contribution in [2.75, 3.05) is 0 Å². The highest BCUT2D eigenvalue weighted by molar-refractivity contribution is 6.47. The summed E-state index contributed by atoms with van der Waals surface area (Å²) in [5.74, 6) is -0.499. The smallest absolute Gasteiger partial charge is 0.461 e. The second-order valence-corrected chi connectivity index (χ2v) is 6.76. The molecule has 1 heterocycles. The molecule has 0 aromatic heterocycles. The normalized spacial score (nSPS) is 24.4. The van der Waals surface area contributed by atoms with E-state index in [1.165, 1.54) is 0 Å². The zero-order valence-corrected chi connectivity index (χ0v) is 13.4. The van der Waals surface area contributed by atoms with Crippen LogP contribution in [0.1, 0.15) is 55.4 Å². The van der Waals surface area contributed by atoms with Crippen molar-refractivity contribution in [2.45, 2.75) is 78.5 Å². The van der Waals surface area contributed by atoms with E-state index >= 15 is 0 Å². The topological polar surface area (TPSA) is 44.8 Å². The Balaban J connectivity index is 2.70. The Morgan fingerprint density at radius 3 is 1.79 bits per heavy atom. The summed E-state index contributed by atoms with van der Waals surface area (Å²) in [6.07, 6.45) is -0.0968. The molecule has 1 fully saturated rings. The van der Waals surface area contributed by atoms with E-state index in [0.29, 0.717) is 0 Å². The van der Waals surface area contributed by atoms with Crippen LogP contribution in [-0.4, -0.2) is 30.4 Å². The van der Waals surface area contributed by atoms with Gasteiger partial charge in [-0.1, -0.05) is 13.8 Å². The Morgan fingerprint density at radius 2 is 1.42 bits per heavy atom. The molecule has 0 aliphatic carbocycles. The average Bonchev–Trinajstić information content (AvgIpc) is 2.45. The minimum atomic E-state index is -0.375. The minimum Gasteiger partial charge on any atom is -0.463 e. The van der Waals surface area contributed by atoms with Crippen LogP contribution in [0.2, 0.25) is 5.82 Å². The quantitative estimate of drug-likeness (QED) is 0.581. The molecule has 0 radical (unpaired) electrons. The molecule has 0 spiro atoms. The molecular formula is C14H27BO4. The van der Waals surface area contributed by atoms with Gasteiger partial charge >= 0.3 is 13.1 Å². The van der Waals surface area contributed by atoms with Crippen molar-refractivity contribution in [3.05, 3.63) is 0 Å². The highest BCUT2D eigenvalue weighted by Crippen LogP contribution is 2.41. The largest absolute Gasteiger partial charge is 0.463 e. The maximum Gasteiger partial charge on any atom is 0.461 e. The van der Waals surface area contributed by atoms with Crippen molar-refractivity contribution in [2.24, 2.45) is 5.92 Å². The van der Waals surface area contributed by atoms with E-state index in [9.17, 15) is 4.79 Å². The summed E-state index contributed by atoms with van der Waals surface area (Å²) in [5.41, 5.74) is -0.735. The minimum absolute atomic E-state index is 0.0488. The molecule has 110 valence electrons. The Hall–Kier alpha value is -0.545. The first-order chi connectivity index (χ1) is 8.48. The van der Waals surface area contributed by atoms with Crippen LogP contribution < -0.4 is 0 Å². The Labute approximate surface area is 117 Å². The molecule has 0 unspecified atom stereocenters. The van der Waals surface area contributed by atoms with Gasteiger partial charge in [0.2, 0.25) is 0 Å². The lowest BCUT2D eigenvalue weighted by molar-refractivity contribution is -0.152. The first kappa shape index (κ1) is 16.5. The van der Waals surface area contributed by atoms with Gasteiger partial charge in [-0.3, -0.25) is 4.79 Å². The number of carbonyl (C=O) groups excluding carboxylic acids is 1. The van der Waals surface area contributed by atoms with Gasteiger partial charge in [0.15, 0.2) is 0 Å². The maximum absolute atomic E-state index is 11.9. The third-order valence-corrected chi connectivity index (χ3v) is 4.21. The molecule has 0 aromatic rings. The Morgan fingerprint density at radius 1 is 1.00 bits per heavy atom. The lowest BCUT2D eigenvalue weighted by Crippen LogP contribution is -2.41. The fraction of sp³-hybridized carbons (Fsp3) is 0.929. The summed E-state index contributed by atoms with van der Waals surface area (Å²) in [4.78, 5) is 11.9. The summed E-state index contributed by atoms with van der Waals surface area (Å²) < 4.78 is 17.2. The second-order valence-electron chi connectivity index (χ2n) is 6.76. The van der Waals surface area contributed by atoms with E-state index in [1.54, 1.807) is 0 Å². The van der Waals surface area contributed by atoms with Gasteiger partial charge in [-0.25, -0.2) is 0 Å². The van der Waals surface area contributed by atoms with Crippen LogP contribution in [0.4, 0.5) is 0 Å². The van der Waals surface area contributed by atoms with Crippen molar-refractivity contribution >= 4 is 13.1 Å². The van der Waals surface area contributed by atoms with Gasteiger partial charge in [0.25, 0.3) is 0 Å². The molecule has 0 aromatic carbocycles. The van der Waals surface area contributed by atoms with Gasteiger partial charge in [-0.2, -0.15) is 0 Å². The van der Waals surface area contributed by atoms with Crippen LogP contribution in [0.15, 0.2) is 0 Å². The molecule has 19 heavy (non-hydrogen) atoms. The predicted octanol–water partition coefficient (Wildman–Crippen LogP) is 3.06. The summed E-state index contributed by atoms with van der Waals surface area (Å²) >= 11 is 0. The van der Waals surface area contributed by atoms with E-state index in [4.69, 9.17) is 14.0 Å². The number of carbonyl (C=O) groups is 1. The molecule has 0 amide bonds. The molecule has 0 saturated carbocycles. The number of hydrogen-bond donors (Lipinski definition) is 0. The number of esters is 1. The van der Waals surface area contributed by atoms with Crippen LogP contribution in [-0.2, 0) is 18.8 Å². The van der Waals surface area contributed by atoms with E-state index in [0.717, 1.165) is 0 Å². The third kappa shape index (κ3) is 3.51. The molecule has 0 bridgehead atoms. The molecule has 2 atom stereocenters. The zero-order chi connectivity index (χ0) is 15.0. The SMILES string of the molecule is CC(C)OC(=O)[C@H](C)[C@@H](C)B1OC(C)(C)C(C)(C)O1. The van der Waals surface area contributed by atoms with Crippen LogP contribution in [0, 0.1) is 5.92 Å². The first-order valence-electron chi connectivity index (χ1n) is 7.04. The third-order valence-electron chi connectivity index (χ3n) is 4.21. The van der Waals surface area contributed by atoms with Crippen LogP contribution in [0.25, 0.3) is 0 Å². The van der Waals surface area contributed by atoms with Crippen molar-refractivity contribution in [3.8, 4) is 0 Å². The highest BCUT2D eigenvalue weighted by Gasteiger charge is 2.54. The van der Waals surface area contributed by atoms with E-state index in [2.05, 4.69) is 0 Å². The highest BCUT2D eigenvalue weighted by atomic mass is 16.7. The van der Waals surface area contributed by atoms with E-state index < -0.39 is 0 Å². The van der Waals surface area contributed by atoms with Crippen LogP contribution in [0.5, 0.6) is 0 Å². The Kier molecular flexibility index (Phi) is 4.73. The van der Waals surface area contributed by atoms with Gasteiger partial charge < -0.3 is 14.0 Å². The second kappa shape index (κ2) is 5.45. The van der Waals surface area contributed by atoms with Gasteiger partial charge in [0, 0.05) is 5.82 Å². The average molecular weight is 270 g/mol. The van der Waals surface area contributed by atoms with E-state index in [-0.39, 0.29) is 42.1 Å². The first-order valence-corrected chi connectivity index (χ1v) is 7.04. The van der Waals surface area contributed by atoms with Gasteiger partial charge in [-0.15, -0.1) is 0 Å². The van der Waals surface area contributed by atoms with Gasteiger partial charge in [0.1, 0.15) is 0 Å². The number of ether oxygens (including phenoxy) is 1. The fourth-order valence-corrected chi connectivity index (χ4v) is 1.89. The molecule has 4 nitrogen and oxygen atoms in total. The molecule has 1 saturated heterocycles. The Bertz CT molecular complexity index is 322. The molecule has 0 N–H and O–H groups in total. The predicted molar refractivity (Wildman–Crippen MR) is 75.9 cm³/mol. The van der Waals surface area contributed by atoms with Crippen LogP contribution in [0.3, 0.4) is 0 Å². The maximum atomic E-state index is 11.9. The van der Waals surface area contributed by atoms with Crippen molar-refractivity contribution in [1.82, 2.24) is 0 Å². The van der Waals surface area contributed by atoms with Crippen LogP contribution >= 0.6 is 0 Å². The van der Waals surface area contributed by atoms with Gasteiger partial charge in [-0.05, 0) is 41.5 Å². The molecule has 1 aliphatic heterocycles. The number of hydrogen-bond acceptors (Lipinski definition) is 4. The summed E-state index contributed by atoms with van der Waals surface area (Å²) in [7, 11) is -0.375. The number of rotatable bonds is 4. The molecule has 1 rings (SSSR count). The monoisotopic (exact) mass is 270 g/mol.